The zero-order valence-electron chi connectivity index (χ0n) is 4.80. The van der Waals surface area contributed by atoms with Crippen LogP contribution in [0.5, 0.6) is 0 Å². The predicted octanol–water partition coefficient (Wildman–Crippen LogP) is -0.758. The second-order valence-electron chi connectivity index (χ2n) is 1.61. The fourth-order valence-corrected chi connectivity index (χ4v) is 0.412. The van der Waals surface area contributed by atoms with Gasteiger partial charge in [0, 0.05) is 19.3 Å². The first-order chi connectivity index (χ1) is 3.81. The van der Waals surface area contributed by atoms with E-state index in [1.54, 1.807) is 0 Å². The fourth-order valence-electron chi connectivity index (χ4n) is 0.412. The standard InChI is InChI=1S/C5H12NO2/c6-5(1-3-7)2-4-8/h7-8H,1-4,6H2. The van der Waals surface area contributed by atoms with Crippen LogP contribution in [0, 0.1) is 6.04 Å². The zero-order chi connectivity index (χ0) is 6.41. The van der Waals surface area contributed by atoms with Crippen molar-refractivity contribution < 1.29 is 10.2 Å². The molecule has 0 aliphatic carbocycles. The summed E-state index contributed by atoms with van der Waals surface area (Å²) >= 11 is 0. The summed E-state index contributed by atoms with van der Waals surface area (Å²) < 4.78 is 0. The lowest BCUT2D eigenvalue weighted by Crippen LogP contribution is -2.12. The SMILES string of the molecule is N[C](CCO)CCO. The molecule has 0 aromatic heterocycles. The van der Waals surface area contributed by atoms with Gasteiger partial charge in [-0.2, -0.15) is 0 Å². The molecule has 4 N–H and O–H groups in total. The minimum atomic E-state index is 0.0752. The van der Waals surface area contributed by atoms with Crippen molar-refractivity contribution in [3.8, 4) is 0 Å². The summed E-state index contributed by atoms with van der Waals surface area (Å²) in [5, 5.41) is 16.6. The van der Waals surface area contributed by atoms with Gasteiger partial charge in [0.25, 0.3) is 0 Å². The molecular formula is C5H12NO2. The van der Waals surface area contributed by atoms with Crippen LogP contribution in [0.15, 0.2) is 0 Å². The molecule has 0 spiro atoms. The molecule has 0 aliphatic heterocycles. The van der Waals surface area contributed by atoms with Gasteiger partial charge in [-0.3, -0.25) is 0 Å². The van der Waals surface area contributed by atoms with Crippen molar-refractivity contribution in [2.45, 2.75) is 12.8 Å². The zero-order valence-corrected chi connectivity index (χ0v) is 4.80. The molecule has 49 valence electrons. The molecule has 0 unspecified atom stereocenters. The lowest BCUT2D eigenvalue weighted by atomic mass is 10.2. The molecule has 3 nitrogen and oxygen atoms in total. The Morgan fingerprint density at radius 2 is 1.50 bits per heavy atom. The number of rotatable bonds is 4. The van der Waals surface area contributed by atoms with Crippen LogP contribution in [0.4, 0.5) is 0 Å². The van der Waals surface area contributed by atoms with E-state index in [0.29, 0.717) is 18.9 Å². The fraction of sp³-hybridized carbons (Fsp3) is 0.800. The molecule has 0 heterocycles. The van der Waals surface area contributed by atoms with E-state index >= 15 is 0 Å². The molecule has 8 heavy (non-hydrogen) atoms. The Morgan fingerprint density at radius 3 is 1.75 bits per heavy atom. The molecule has 0 aliphatic rings. The maximum atomic E-state index is 8.28. The number of aliphatic hydroxyl groups is 2. The summed E-state index contributed by atoms with van der Waals surface area (Å²) in [7, 11) is 0. The van der Waals surface area contributed by atoms with Gasteiger partial charge in [-0.15, -0.1) is 0 Å². The highest BCUT2D eigenvalue weighted by molar-refractivity contribution is 4.80. The van der Waals surface area contributed by atoms with Crippen LogP contribution < -0.4 is 5.73 Å². The van der Waals surface area contributed by atoms with Gasteiger partial charge < -0.3 is 15.9 Å². The maximum Gasteiger partial charge on any atom is 0.0449 e. The first kappa shape index (κ1) is 7.88. The van der Waals surface area contributed by atoms with Gasteiger partial charge in [-0.05, 0) is 12.8 Å². The van der Waals surface area contributed by atoms with Crippen molar-refractivity contribution in [3.63, 3.8) is 0 Å². The predicted molar refractivity (Wildman–Crippen MR) is 30.8 cm³/mol. The monoisotopic (exact) mass is 118 g/mol. The van der Waals surface area contributed by atoms with Gasteiger partial charge in [0.1, 0.15) is 0 Å². The molecule has 0 fully saturated rings. The third-order valence-electron chi connectivity index (χ3n) is 0.866. The highest BCUT2D eigenvalue weighted by Gasteiger charge is 1.98. The Labute approximate surface area is 49.1 Å². The summed E-state index contributed by atoms with van der Waals surface area (Å²) in [5.41, 5.74) is 5.29. The normalized spacial score (nSPS) is 10.5. The van der Waals surface area contributed by atoms with E-state index in [1.165, 1.54) is 0 Å². The second kappa shape index (κ2) is 5.03. The first-order valence-corrected chi connectivity index (χ1v) is 2.63. The number of nitrogens with two attached hydrogens (primary N) is 1. The average Bonchev–Trinajstić information content (AvgIpc) is 1.68. The quantitative estimate of drug-likeness (QED) is 0.454. The number of hydrogen-bond acceptors (Lipinski definition) is 3. The van der Waals surface area contributed by atoms with Gasteiger partial charge in [-0.1, -0.05) is 0 Å². The van der Waals surface area contributed by atoms with Crippen LogP contribution in [0.25, 0.3) is 0 Å². The van der Waals surface area contributed by atoms with Crippen LogP contribution in [-0.2, 0) is 0 Å². The largest absolute Gasteiger partial charge is 0.396 e. The first-order valence-electron chi connectivity index (χ1n) is 2.63. The van der Waals surface area contributed by atoms with Crippen LogP contribution >= 0.6 is 0 Å². The average molecular weight is 118 g/mol. The Kier molecular flexibility index (Phi) is 4.95. The minimum absolute atomic E-state index is 0.0752. The van der Waals surface area contributed by atoms with Crippen LogP contribution in [0.2, 0.25) is 0 Å². The van der Waals surface area contributed by atoms with E-state index in [4.69, 9.17) is 15.9 Å². The molecule has 0 aromatic rings. The Morgan fingerprint density at radius 1 is 1.12 bits per heavy atom. The van der Waals surface area contributed by atoms with Crippen LogP contribution in [-0.4, -0.2) is 23.4 Å². The Hall–Kier alpha value is -0.120. The van der Waals surface area contributed by atoms with Crippen molar-refractivity contribution in [1.29, 1.82) is 0 Å². The van der Waals surface area contributed by atoms with Gasteiger partial charge in [-0.25, -0.2) is 0 Å². The molecule has 0 atom stereocenters. The number of hydrogen-bond donors (Lipinski definition) is 3. The third-order valence-corrected chi connectivity index (χ3v) is 0.866. The highest BCUT2D eigenvalue weighted by atomic mass is 16.3. The summed E-state index contributed by atoms with van der Waals surface area (Å²) in [6.45, 7) is 0.150. The van der Waals surface area contributed by atoms with Crippen LogP contribution in [0.1, 0.15) is 12.8 Å². The molecule has 3 heteroatoms. The Balaban J connectivity index is 2.92. The lowest BCUT2D eigenvalue weighted by molar-refractivity contribution is 0.266. The van der Waals surface area contributed by atoms with E-state index in [1.807, 2.05) is 0 Å². The molecular weight excluding hydrogens is 106 g/mol. The van der Waals surface area contributed by atoms with Crippen LogP contribution in [0.3, 0.4) is 0 Å². The molecule has 0 aromatic carbocycles. The van der Waals surface area contributed by atoms with Gasteiger partial charge in [0.05, 0.1) is 0 Å². The maximum absolute atomic E-state index is 8.28. The molecule has 0 bridgehead atoms. The second-order valence-corrected chi connectivity index (χ2v) is 1.61. The Bertz CT molecular complexity index is 43.7. The van der Waals surface area contributed by atoms with E-state index < -0.39 is 0 Å². The van der Waals surface area contributed by atoms with Crippen molar-refractivity contribution in [2.24, 2.45) is 5.73 Å². The minimum Gasteiger partial charge on any atom is -0.396 e. The summed E-state index contributed by atoms with van der Waals surface area (Å²) in [5.74, 6) is 0. The molecule has 0 rings (SSSR count). The van der Waals surface area contributed by atoms with E-state index in [9.17, 15) is 0 Å². The van der Waals surface area contributed by atoms with Crippen molar-refractivity contribution in [3.05, 3.63) is 6.04 Å². The van der Waals surface area contributed by atoms with Crippen molar-refractivity contribution >= 4 is 0 Å². The van der Waals surface area contributed by atoms with Crippen molar-refractivity contribution in [1.82, 2.24) is 0 Å². The van der Waals surface area contributed by atoms with E-state index in [-0.39, 0.29) is 13.2 Å². The third kappa shape index (κ3) is 4.05. The number of aliphatic hydroxyl groups excluding tert-OH is 2. The van der Waals surface area contributed by atoms with Gasteiger partial charge in [0.2, 0.25) is 0 Å². The summed E-state index contributed by atoms with van der Waals surface area (Å²) in [6, 6.07) is 0.662. The van der Waals surface area contributed by atoms with Gasteiger partial charge >= 0.3 is 0 Å². The molecule has 0 amide bonds. The lowest BCUT2D eigenvalue weighted by Gasteiger charge is -2.03. The smallest absolute Gasteiger partial charge is 0.0449 e. The van der Waals surface area contributed by atoms with E-state index in [0.717, 1.165) is 0 Å². The van der Waals surface area contributed by atoms with E-state index in [2.05, 4.69) is 0 Å². The molecule has 0 saturated carbocycles. The molecule has 1 radical (unpaired) electrons. The summed E-state index contributed by atoms with van der Waals surface area (Å²) in [6.07, 6.45) is 1.00. The topological polar surface area (TPSA) is 66.5 Å². The van der Waals surface area contributed by atoms with Crippen molar-refractivity contribution in [2.75, 3.05) is 13.2 Å². The highest BCUT2D eigenvalue weighted by Crippen LogP contribution is 1.99. The van der Waals surface area contributed by atoms with Gasteiger partial charge in [0.15, 0.2) is 0 Å². The summed E-state index contributed by atoms with van der Waals surface area (Å²) in [4.78, 5) is 0. The molecule has 0 saturated heterocycles.